The molecule has 1 aromatic carbocycles. The zero-order valence-electron chi connectivity index (χ0n) is 16.3. The fourth-order valence-electron chi connectivity index (χ4n) is 3.91. The number of ether oxygens (including phenoxy) is 3. The van der Waals surface area contributed by atoms with Crippen LogP contribution in [-0.4, -0.2) is 37.9 Å². The first-order valence-corrected chi connectivity index (χ1v) is 9.10. The molecule has 26 heavy (non-hydrogen) atoms. The molecule has 0 bridgehead atoms. The minimum Gasteiger partial charge on any atom is -0.493 e. The highest BCUT2D eigenvalue weighted by Crippen LogP contribution is 2.41. The van der Waals surface area contributed by atoms with E-state index in [1.54, 1.807) is 21.3 Å². The molecule has 1 aliphatic rings. The molecule has 3 rings (SSSR count). The summed E-state index contributed by atoms with van der Waals surface area (Å²) in [5, 5.41) is 4.19. The lowest BCUT2D eigenvalue weighted by molar-refractivity contribution is 0.243. The lowest BCUT2D eigenvalue weighted by Gasteiger charge is -2.25. The molecule has 1 aliphatic heterocycles. The zero-order chi connectivity index (χ0) is 18.7. The zero-order valence-corrected chi connectivity index (χ0v) is 16.3. The highest BCUT2D eigenvalue weighted by atomic mass is 16.5. The Balaban J connectivity index is 1.89. The van der Waals surface area contributed by atoms with E-state index in [0.29, 0.717) is 23.3 Å². The van der Waals surface area contributed by atoms with Gasteiger partial charge in [-0.15, -0.1) is 0 Å². The molecule has 0 N–H and O–H groups in total. The fourth-order valence-corrected chi connectivity index (χ4v) is 3.91. The van der Waals surface area contributed by atoms with E-state index in [2.05, 4.69) is 17.0 Å². The first kappa shape index (κ1) is 18.6. The van der Waals surface area contributed by atoms with E-state index < -0.39 is 0 Å². The van der Waals surface area contributed by atoms with Crippen LogP contribution in [0.1, 0.15) is 48.4 Å². The maximum atomic E-state index is 5.53. The number of rotatable bonds is 7. The van der Waals surface area contributed by atoms with Crippen LogP contribution in [0.25, 0.3) is 0 Å². The summed E-state index contributed by atoms with van der Waals surface area (Å²) in [5.41, 5.74) is 3.40. The Hall–Kier alpha value is -2.21. The molecule has 1 saturated heterocycles. The minimum absolute atomic E-state index is 0.343. The Bertz CT molecular complexity index is 731. The van der Waals surface area contributed by atoms with Crippen LogP contribution in [0.15, 0.2) is 16.7 Å². The molecule has 1 fully saturated rings. The molecule has 0 amide bonds. The number of nitrogens with zero attached hydrogens (tertiary/aromatic N) is 2. The maximum Gasteiger partial charge on any atom is 0.203 e. The number of benzene rings is 1. The van der Waals surface area contributed by atoms with Crippen molar-refractivity contribution in [2.24, 2.45) is 0 Å². The molecule has 6 heteroatoms. The molecule has 6 nitrogen and oxygen atoms in total. The van der Waals surface area contributed by atoms with Crippen molar-refractivity contribution in [1.82, 2.24) is 10.1 Å². The average Bonchev–Trinajstić information content (AvgIpc) is 3.26. The summed E-state index contributed by atoms with van der Waals surface area (Å²) in [7, 11) is 4.92. The van der Waals surface area contributed by atoms with Gasteiger partial charge in [0.05, 0.1) is 27.0 Å². The smallest absolute Gasteiger partial charge is 0.203 e. The Labute approximate surface area is 155 Å². The molecule has 2 aromatic rings. The maximum absolute atomic E-state index is 5.53. The Morgan fingerprint density at radius 1 is 1.15 bits per heavy atom. The van der Waals surface area contributed by atoms with E-state index >= 15 is 0 Å². The van der Waals surface area contributed by atoms with Crippen molar-refractivity contribution in [2.45, 2.75) is 45.7 Å². The predicted octanol–water partition coefficient (Wildman–Crippen LogP) is 3.91. The summed E-state index contributed by atoms with van der Waals surface area (Å²) in [6.45, 7) is 6.01. The SMILES string of the molecule is CCc1onc(C)c1[C@@H]1CCCN1Cc1cc(OC)c(OC)c(OC)c1. The standard InChI is InChI=1S/C20H28N2O4/c1-6-16-19(13(2)21-26-16)15-8-7-9-22(15)12-14-10-17(23-3)20(25-5)18(11-14)24-4/h10-11,15H,6-9,12H2,1-5H3/t15-/m0/s1. The van der Waals surface area contributed by atoms with Gasteiger partial charge < -0.3 is 18.7 Å². The molecule has 0 saturated carbocycles. The minimum atomic E-state index is 0.343. The monoisotopic (exact) mass is 360 g/mol. The second-order valence-electron chi connectivity index (χ2n) is 6.62. The third-order valence-corrected chi connectivity index (χ3v) is 5.11. The van der Waals surface area contributed by atoms with Crippen LogP contribution in [0.4, 0.5) is 0 Å². The van der Waals surface area contributed by atoms with Gasteiger partial charge in [0.1, 0.15) is 5.76 Å². The van der Waals surface area contributed by atoms with Gasteiger partial charge in [0.15, 0.2) is 11.5 Å². The summed E-state index contributed by atoms with van der Waals surface area (Å²) < 4.78 is 21.9. The van der Waals surface area contributed by atoms with E-state index in [9.17, 15) is 0 Å². The van der Waals surface area contributed by atoms with Gasteiger partial charge in [-0.1, -0.05) is 12.1 Å². The third-order valence-electron chi connectivity index (χ3n) is 5.11. The van der Waals surface area contributed by atoms with Crippen molar-refractivity contribution >= 4 is 0 Å². The molecule has 1 atom stereocenters. The molecule has 0 radical (unpaired) electrons. The van der Waals surface area contributed by atoms with Gasteiger partial charge in [0, 0.05) is 24.6 Å². The van der Waals surface area contributed by atoms with E-state index in [0.717, 1.165) is 42.9 Å². The predicted molar refractivity (Wildman–Crippen MR) is 99.1 cm³/mol. The Kier molecular flexibility index (Phi) is 5.71. The van der Waals surface area contributed by atoms with Crippen LogP contribution < -0.4 is 14.2 Å². The number of aryl methyl sites for hydroxylation is 2. The molecule has 1 aromatic heterocycles. The molecular formula is C20H28N2O4. The highest BCUT2D eigenvalue weighted by molar-refractivity contribution is 5.53. The van der Waals surface area contributed by atoms with Crippen molar-refractivity contribution in [3.8, 4) is 17.2 Å². The van der Waals surface area contributed by atoms with Crippen LogP contribution in [0.2, 0.25) is 0 Å². The molecule has 0 spiro atoms. The summed E-state index contributed by atoms with van der Waals surface area (Å²) in [5.74, 6) is 3.00. The van der Waals surface area contributed by atoms with Crippen LogP contribution >= 0.6 is 0 Å². The van der Waals surface area contributed by atoms with E-state index in [4.69, 9.17) is 18.7 Å². The molecule has 0 unspecified atom stereocenters. The van der Waals surface area contributed by atoms with Crippen molar-refractivity contribution in [3.63, 3.8) is 0 Å². The lowest BCUT2D eigenvalue weighted by Crippen LogP contribution is -2.23. The van der Waals surface area contributed by atoms with Gasteiger partial charge in [-0.25, -0.2) is 0 Å². The molecule has 142 valence electrons. The van der Waals surface area contributed by atoms with Crippen molar-refractivity contribution < 1.29 is 18.7 Å². The van der Waals surface area contributed by atoms with Crippen LogP contribution in [-0.2, 0) is 13.0 Å². The van der Waals surface area contributed by atoms with Gasteiger partial charge in [-0.3, -0.25) is 4.90 Å². The van der Waals surface area contributed by atoms with Gasteiger partial charge in [-0.05, 0) is 44.0 Å². The van der Waals surface area contributed by atoms with Crippen LogP contribution in [0.3, 0.4) is 0 Å². The summed E-state index contributed by atoms with van der Waals surface area (Å²) in [6, 6.07) is 4.39. The Morgan fingerprint density at radius 2 is 1.85 bits per heavy atom. The number of likely N-dealkylation sites (tertiary alicyclic amines) is 1. The molecule has 0 aliphatic carbocycles. The summed E-state index contributed by atoms with van der Waals surface area (Å²) >= 11 is 0. The highest BCUT2D eigenvalue weighted by Gasteiger charge is 2.31. The van der Waals surface area contributed by atoms with E-state index in [1.807, 2.05) is 19.1 Å². The second kappa shape index (κ2) is 7.99. The number of aromatic nitrogens is 1. The van der Waals surface area contributed by atoms with Gasteiger partial charge in [-0.2, -0.15) is 0 Å². The Morgan fingerprint density at radius 3 is 2.42 bits per heavy atom. The quantitative estimate of drug-likeness (QED) is 0.746. The largest absolute Gasteiger partial charge is 0.493 e. The average molecular weight is 360 g/mol. The number of hydrogen-bond acceptors (Lipinski definition) is 6. The van der Waals surface area contributed by atoms with Crippen molar-refractivity contribution in [3.05, 3.63) is 34.7 Å². The van der Waals surface area contributed by atoms with Gasteiger partial charge >= 0.3 is 0 Å². The normalized spacial score (nSPS) is 17.5. The third kappa shape index (κ3) is 3.38. The van der Waals surface area contributed by atoms with Crippen molar-refractivity contribution in [1.29, 1.82) is 0 Å². The van der Waals surface area contributed by atoms with E-state index in [-0.39, 0.29) is 0 Å². The fraction of sp³-hybridized carbons (Fsp3) is 0.550. The number of hydrogen-bond donors (Lipinski definition) is 0. The topological polar surface area (TPSA) is 57.0 Å². The summed E-state index contributed by atoms with van der Waals surface area (Å²) in [4.78, 5) is 2.49. The molecule has 2 heterocycles. The van der Waals surface area contributed by atoms with E-state index in [1.165, 1.54) is 12.0 Å². The summed E-state index contributed by atoms with van der Waals surface area (Å²) in [6.07, 6.45) is 3.16. The van der Waals surface area contributed by atoms with Crippen LogP contribution in [0, 0.1) is 6.92 Å². The molecular weight excluding hydrogens is 332 g/mol. The van der Waals surface area contributed by atoms with Gasteiger partial charge in [0.2, 0.25) is 5.75 Å². The van der Waals surface area contributed by atoms with Gasteiger partial charge in [0.25, 0.3) is 0 Å². The second-order valence-corrected chi connectivity index (χ2v) is 6.62. The van der Waals surface area contributed by atoms with Crippen LogP contribution in [0.5, 0.6) is 17.2 Å². The van der Waals surface area contributed by atoms with Crippen molar-refractivity contribution in [2.75, 3.05) is 27.9 Å². The number of methoxy groups -OCH3 is 3. The first-order chi connectivity index (χ1) is 12.6. The first-order valence-electron chi connectivity index (χ1n) is 9.10. The lowest BCUT2D eigenvalue weighted by atomic mass is 10.0.